The second kappa shape index (κ2) is 9.25. The first-order valence-electron chi connectivity index (χ1n) is 10.3. The number of carbonyl (C=O) groups is 1. The molecule has 1 saturated carbocycles. The standard InChI is InChI=1S/C21H14BrClF6N6O2/c1-34-17(14(20(25,26)27)16(33-34)37-21(28,29)18(22)24)35-8-11(7-31-35)10-2-3-13(23)12(6-10)15(36)32-19(9-30)4-5-19/h2-3,6-8,18H,4-5H2,1H3,(H,32,36). The quantitative estimate of drug-likeness (QED) is 0.285. The largest absolute Gasteiger partial charge is 0.441 e. The fourth-order valence-electron chi connectivity index (χ4n) is 3.39. The highest BCUT2D eigenvalue weighted by molar-refractivity contribution is 9.09. The van der Waals surface area contributed by atoms with Crippen LogP contribution in [0.25, 0.3) is 16.9 Å². The molecule has 0 spiro atoms. The van der Waals surface area contributed by atoms with E-state index < -0.39 is 46.1 Å². The topological polar surface area (TPSA) is 97.8 Å². The molecule has 1 aliphatic carbocycles. The summed E-state index contributed by atoms with van der Waals surface area (Å²) in [5.41, 5.74) is -2.07. The van der Waals surface area contributed by atoms with Crippen molar-refractivity contribution in [1.29, 1.82) is 5.26 Å². The number of alkyl halides is 7. The number of halogens is 8. The number of nitrogens with zero attached hydrogens (tertiary/aromatic N) is 5. The van der Waals surface area contributed by atoms with E-state index in [2.05, 4.69) is 20.3 Å². The van der Waals surface area contributed by atoms with Crippen LogP contribution in [0.5, 0.6) is 5.88 Å². The molecule has 196 valence electrons. The van der Waals surface area contributed by atoms with Gasteiger partial charge >= 0.3 is 12.3 Å². The van der Waals surface area contributed by atoms with Gasteiger partial charge in [0.25, 0.3) is 16.9 Å². The number of benzene rings is 1. The van der Waals surface area contributed by atoms with Crippen molar-refractivity contribution in [2.24, 2.45) is 7.05 Å². The van der Waals surface area contributed by atoms with Crippen LogP contribution in [0.1, 0.15) is 28.8 Å². The summed E-state index contributed by atoms with van der Waals surface area (Å²) in [7, 11) is 1.03. The molecule has 1 amide bonds. The van der Waals surface area contributed by atoms with Crippen LogP contribution in [0.3, 0.4) is 0 Å². The monoisotopic (exact) mass is 610 g/mol. The summed E-state index contributed by atoms with van der Waals surface area (Å²) in [6, 6.07) is 6.26. The van der Waals surface area contributed by atoms with Gasteiger partial charge in [0.1, 0.15) is 5.54 Å². The van der Waals surface area contributed by atoms with Crippen molar-refractivity contribution in [3.63, 3.8) is 0 Å². The van der Waals surface area contributed by atoms with Gasteiger partial charge in [0.15, 0.2) is 11.4 Å². The van der Waals surface area contributed by atoms with E-state index >= 15 is 0 Å². The van der Waals surface area contributed by atoms with Gasteiger partial charge in [-0.05, 0) is 46.5 Å². The lowest BCUT2D eigenvalue weighted by molar-refractivity contribution is -0.201. The third-order valence-corrected chi connectivity index (χ3v) is 6.28. The van der Waals surface area contributed by atoms with Crippen LogP contribution in [0.2, 0.25) is 5.02 Å². The maximum Gasteiger partial charge on any atom is 0.441 e. The zero-order chi connectivity index (χ0) is 27.3. The van der Waals surface area contributed by atoms with Crippen molar-refractivity contribution in [2.75, 3.05) is 0 Å². The summed E-state index contributed by atoms with van der Waals surface area (Å²) in [5, 5.41) is 16.0. The van der Waals surface area contributed by atoms with Gasteiger partial charge in [-0.1, -0.05) is 17.7 Å². The van der Waals surface area contributed by atoms with Gasteiger partial charge in [0, 0.05) is 18.8 Å². The molecule has 4 rings (SSSR count). The fourth-order valence-corrected chi connectivity index (χ4v) is 3.68. The highest BCUT2D eigenvalue weighted by Crippen LogP contribution is 2.43. The first-order valence-corrected chi connectivity index (χ1v) is 11.5. The molecule has 1 aliphatic rings. The third-order valence-electron chi connectivity index (χ3n) is 5.42. The Morgan fingerprint density at radius 3 is 2.54 bits per heavy atom. The Hall–Kier alpha value is -3.25. The molecule has 1 unspecified atom stereocenters. The SMILES string of the molecule is Cn1nc(OC(F)(F)C(F)Br)c(C(F)(F)F)c1-n1cc(-c2ccc(Cl)c(C(=O)NC3(C#N)CC3)c2)cn1. The predicted octanol–water partition coefficient (Wildman–Crippen LogP) is 5.39. The van der Waals surface area contributed by atoms with E-state index in [1.54, 1.807) is 0 Å². The van der Waals surface area contributed by atoms with E-state index in [0.29, 0.717) is 23.1 Å². The van der Waals surface area contributed by atoms with Gasteiger partial charge in [-0.2, -0.15) is 32.3 Å². The molecule has 37 heavy (non-hydrogen) atoms. The zero-order valence-electron chi connectivity index (χ0n) is 18.5. The Bertz CT molecular complexity index is 1410. The minimum Gasteiger partial charge on any atom is -0.409 e. The van der Waals surface area contributed by atoms with E-state index in [4.69, 9.17) is 11.6 Å². The molecule has 1 atom stereocenters. The first kappa shape index (κ1) is 26.8. The van der Waals surface area contributed by atoms with E-state index in [9.17, 15) is 36.4 Å². The maximum atomic E-state index is 13.9. The van der Waals surface area contributed by atoms with Crippen LogP contribution < -0.4 is 10.1 Å². The molecule has 2 aromatic heterocycles. The molecule has 0 aliphatic heterocycles. The lowest BCUT2D eigenvalue weighted by atomic mass is 10.1. The Labute approximate surface area is 217 Å². The van der Waals surface area contributed by atoms with Crippen molar-refractivity contribution in [3.8, 4) is 28.9 Å². The Balaban J connectivity index is 1.72. The smallest absolute Gasteiger partial charge is 0.409 e. The average molecular weight is 612 g/mol. The van der Waals surface area contributed by atoms with Crippen molar-refractivity contribution >= 4 is 33.4 Å². The van der Waals surface area contributed by atoms with Crippen LogP contribution in [0.4, 0.5) is 26.3 Å². The summed E-state index contributed by atoms with van der Waals surface area (Å²) in [4.78, 5) is 12.6. The van der Waals surface area contributed by atoms with Crippen LogP contribution in [0.15, 0.2) is 30.6 Å². The van der Waals surface area contributed by atoms with Crippen molar-refractivity contribution in [3.05, 3.63) is 46.7 Å². The average Bonchev–Trinajstić information content (AvgIpc) is 3.25. The van der Waals surface area contributed by atoms with Gasteiger partial charge in [0.2, 0.25) is 0 Å². The minimum absolute atomic E-state index is 0.0263. The van der Waals surface area contributed by atoms with Gasteiger partial charge < -0.3 is 10.1 Å². The second-order valence-corrected chi connectivity index (χ2v) is 9.32. The number of amides is 1. The number of hydrogen-bond donors (Lipinski definition) is 1. The van der Waals surface area contributed by atoms with Gasteiger partial charge in [-0.15, -0.1) is 5.10 Å². The van der Waals surface area contributed by atoms with Crippen LogP contribution in [0, 0.1) is 11.3 Å². The number of nitrogens with one attached hydrogen (secondary N) is 1. The molecular formula is C21H14BrClF6N6O2. The molecule has 0 saturated heterocycles. The van der Waals surface area contributed by atoms with E-state index in [1.165, 1.54) is 24.4 Å². The summed E-state index contributed by atoms with van der Waals surface area (Å²) in [6.45, 7) is 0. The highest BCUT2D eigenvalue weighted by Gasteiger charge is 2.48. The number of aryl methyl sites for hydroxylation is 1. The minimum atomic E-state index is -5.23. The van der Waals surface area contributed by atoms with E-state index in [-0.39, 0.29) is 16.1 Å². The number of nitriles is 1. The molecule has 1 fully saturated rings. The molecule has 3 aromatic rings. The number of carbonyl (C=O) groups excluding carboxylic acids is 1. The number of hydrogen-bond acceptors (Lipinski definition) is 5. The number of rotatable bonds is 7. The summed E-state index contributed by atoms with van der Waals surface area (Å²) >= 11 is 8.08. The first-order chi connectivity index (χ1) is 17.2. The zero-order valence-corrected chi connectivity index (χ0v) is 20.8. The molecule has 0 bridgehead atoms. The van der Waals surface area contributed by atoms with Crippen LogP contribution >= 0.6 is 27.5 Å². The lowest BCUT2D eigenvalue weighted by Crippen LogP contribution is -2.35. The molecule has 2 heterocycles. The van der Waals surface area contributed by atoms with Crippen LogP contribution in [-0.2, 0) is 13.2 Å². The highest BCUT2D eigenvalue weighted by atomic mass is 79.9. The Morgan fingerprint density at radius 1 is 1.30 bits per heavy atom. The van der Waals surface area contributed by atoms with Crippen LogP contribution in [-0.4, -0.2) is 42.2 Å². The number of aromatic nitrogens is 4. The van der Waals surface area contributed by atoms with Gasteiger partial charge in [0.05, 0.1) is 22.9 Å². The normalized spacial score (nSPS) is 15.7. The van der Waals surface area contributed by atoms with E-state index in [0.717, 1.165) is 17.9 Å². The molecule has 8 nitrogen and oxygen atoms in total. The fraction of sp³-hybridized carbons (Fsp3) is 0.333. The Kier molecular flexibility index (Phi) is 6.70. The van der Waals surface area contributed by atoms with Crippen molar-refractivity contribution in [1.82, 2.24) is 24.9 Å². The molecule has 1 aromatic carbocycles. The molecule has 0 radical (unpaired) electrons. The Morgan fingerprint density at radius 2 is 1.97 bits per heavy atom. The number of ether oxygens (including phenoxy) is 1. The summed E-state index contributed by atoms with van der Waals surface area (Å²) in [6.07, 6.45) is -6.59. The van der Waals surface area contributed by atoms with Crippen molar-refractivity contribution < 1.29 is 35.9 Å². The molecular weight excluding hydrogens is 598 g/mol. The summed E-state index contributed by atoms with van der Waals surface area (Å²) < 4.78 is 87.4. The third kappa shape index (κ3) is 5.26. The predicted molar refractivity (Wildman–Crippen MR) is 120 cm³/mol. The molecule has 1 N–H and O–H groups in total. The molecule has 16 heteroatoms. The maximum absolute atomic E-state index is 13.9. The van der Waals surface area contributed by atoms with Gasteiger partial charge in [-0.25, -0.2) is 13.8 Å². The second-order valence-electron chi connectivity index (χ2n) is 8.11. The van der Waals surface area contributed by atoms with Crippen molar-refractivity contribution in [2.45, 2.75) is 35.7 Å². The lowest BCUT2D eigenvalue weighted by Gasteiger charge is -2.17. The summed E-state index contributed by atoms with van der Waals surface area (Å²) in [5.74, 6) is -2.94. The van der Waals surface area contributed by atoms with E-state index in [1.807, 2.05) is 22.0 Å². The van der Waals surface area contributed by atoms with Gasteiger partial charge in [-0.3, -0.25) is 4.79 Å².